The highest BCUT2D eigenvalue weighted by molar-refractivity contribution is 6.65. The van der Waals surface area contributed by atoms with E-state index in [4.69, 9.17) is 16.8 Å². The third-order valence-electron chi connectivity index (χ3n) is 5.35. The molecule has 7 nitrogen and oxygen atoms in total. The molecule has 3 rings (SSSR count). The van der Waals surface area contributed by atoms with Crippen molar-refractivity contribution >= 4 is 16.8 Å². The van der Waals surface area contributed by atoms with E-state index in [1.807, 2.05) is 6.92 Å². The van der Waals surface area contributed by atoms with Gasteiger partial charge in [-0.15, -0.1) is 0 Å². The molecule has 25 heavy (non-hydrogen) atoms. The van der Waals surface area contributed by atoms with E-state index < -0.39 is 6.10 Å². The van der Waals surface area contributed by atoms with Crippen LogP contribution in [0.2, 0.25) is 0 Å². The maximum atomic E-state index is 12.8. The summed E-state index contributed by atoms with van der Waals surface area (Å²) in [6.07, 6.45) is 3.20. The Bertz CT molecular complexity index is 711. The Morgan fingerprint density at radius 1 is 1.32 bits per heavy atom. The first kappa shape index (κ1) is 18.4. The van der Waals surface area contributed by atoms with E-state index in [1.165, 1.54) is 0 Å². The first-order chi connectivity index (χ1) is 12.0. The summed E-state index contributed by atoms with van der Waals surface area (Å²) >= 11 is 5.89. The van der Waals surface area contributed by atoms with Gasteiger partial charge in [-0.3, -0.25) is 9.36 Å². The lowest BCUT2D eigenvalue weighted by atomic mass is 9.97. The summed E-state index contributed by atoms with van der Waals surface area (Å²) in [6.45, 7) is 5.01. The SMILES string of the molecule is Cc1nc2n(c(=O)c1CCN1CCC(/C(Cl)=N/O)CC1)CCCC2O. The standard InChI is InChI=1S/C17H25ClN4O3/c1-11-13(17(24)22-7-2-3-14(23)16(22)19-11)6-10-21-8-4-12(5-9-21)15(18)20-25/h12,14,23,25H,2-10H2,1H3/b20-15-. The van der Waals surface area contributed by atoms with Crippen LogP contribution >= 0.6 is 11.6 Å². The molecule has 138 valence electrons. The lowest BCUT2D eigenvalue weighted by Gasteiger charge is -2.31. The summed E-state index contributed by atoms with van der Waals surface area (Å²) in [5, 5.41) is 22.2. The smallest absolute Gasteiger partial charge is 0.257 e. The highest BCUT2D eigenvalue weighted by Gasteiger charge is 2.25. The fraction of sp³-hybridized carbons (Fsp3) is 0.706. The predicted molar refractivity (Wildman–Crippen MR) is 95.4 cm³/mol. The van der Waals surface area contributed by atoms with Crippen LogP contribution in [0.3, 0.4) is 0 Å². The second-order valence-electron chi connectivity index (χ2n) is 6.94. The Kier molecular flexibility index (Phi) is 5.76. The van der Waals surface area contributed by atoms with E-state index >= 15 is 0 Å². The maximum Gasteiger partial charge on any atom is 0.257 e. The van der Waals surface area contributed by atoms with Crippen LogP contribution in [-0.4, -0.2) is 49.6 Å². The molecule has 0 aliphatic carbocycles. The molecule has 1 atom stereocenters. The minimum absolute atomic E-state index is 0.00778. The Morgan fingerprint density at radius 2 is 2.04 bits per heavy atom. The molecular formula is C17H25ClN4O3. The second-order valence-corrected chi connectivity index (χ2v) is 7.32. The molecule has 1 unspecified atom stereocenters. The van der Waals surface area contributed by atoms with Crippen LogP contribution in [0.5, 0.6) is 0 Å². The Hall–Kier alpha value is -1.44. The number of nitrogens with zero attached hydrogens (tertiary/aromatic N) is 4. The van der Waals surface area contributed by atoms with Gasteiger partial charge in [-0.2, -0.15) is 0 Å². The number of aliphatic hydroxyl groups excluding tert-OH is 1. The molecule has 0 amide bonds. The topological polar surface area (TPSA) is 91.0 Å². The van der Waals surface area contributed by atoms with Gasteiger partial charge < -0.3 is 15.2 Å². The third kappa shape index (κ3) is 3.88. The number of piperidine rings is 1. The number of aliphatic hydroxyl groups is 1. The van der Waals surface area contributed by atoms with Crippen molar-refractivity contribution in [3.8, 4) is 0 Å². The number of halogens is 1. The Morgan fingerprint density at radius 3 is 2.72 bits per heavy atom. The largest absolute Gasteiger partial charge is 0.410 e. The zero-order chi connectivity index (χ0) is 18.0. The lowest BCUT2D eigenvalue weighted by Crippen LogP contribution is -2.38. The molecule has 0 saturated carbocycles. The summed E-state index contributed by atoms with van der Waals surface area (Å²) in [5.41, 5.74) is 1.46. The van der Waals surface area contributed by atoms with Gasteiger partial charge in [0.1, 0.15) is 17.1 Å². The highest BCUT2D eigenvalue weighted by atomic mass is 35.5. The van der Waals surface area contributed by atoms with Gasteiger partial charge in [0.15, 0.2) is 0 Å². The minimum atomic E-state index is -0.633. The van der Waals surface area contributed by atoms with Crippen molar-refractivity contribution in [1.82, 2.24) is 14.5 Å². The Labute approximate surface area is 151 Å². The van der Waals surface area contributed by atoms with E-state index in [0.29, 0.717) is 25.2 Å². The van der Waals surface area contributed by atoms with Crippen molar-refractivity contribution in [2.24, 2.45) is 11.1 Å². The van der Waals surface area contributed by atoms with Gasteiger partial charge in [-0.05, 0) is 52.1 Å². The van der Waals surface area contributed by atoms with Crippen molar-refractivity contribution < 1.29 is 10.3 Å². The fourth-order valence-electron chi connectivity index (χ4n) is 3.80. The van der Waals surface area contributed by atoms with Crippen molar-refractivity contribution in [3.05, 3.63) is 27.4 Å². The van der Waals surface area contributed by atoms with Gasteiger partial charge in [0.2, 0.25) is 0 Å². The lowest BCUT2D eigenvalue weighted by molar-refractivity contribution is 0.129. The van der Waals surface area contributed by atoms with E-state index in [-0.39, 0.29) is 16.6 Å². The van der Waals surface area contributed by atoms with Crippen molar-refractivity contribution in [2.75, 3.05) is 19.6 Å². The van der Waals surface area contributed by atoms with Crippen LogP contribution in [0.15, 0.2) is 9.95 Å². The molecule has 0 radical (unpaired) electrons. The van der Waals surface area contributed by atoms with Crippen LogP contribution in [0.25, 0.3) is 0 Å². The molecule has 2 aliphatic rings. The number of oxime groups is 1. The monoisotopic (exact) mass is 368 g/mol. The summed E-state index contributed by atoms with van der Waals surface area (Å²) in [4.78, 5) is 19.6. The number of aromatic nitrogens is 2. The van der Waals surface area contributed by atoms with Gasteiger partial charge in [0.05, 0.1) is 0 Å². The van der Waals surface area contributed by atoms with Gasteiger partial charge in [0.25, 0.3) is 5.56 Å². The first-order valence-corrected chi connectivity index (χ1v) is 9.27. The average Bonchev–Trinajstić information content (AvgIpc) is 2.62. The summed E-state index contributed by atoms with van der Waals surface area (Å²) < 4.78 is 1.64. The van der Waals surface area contributed by atoms with Gasteiger partial charge >= 0.3 is 0 Å². The molecule has 1 saturated heterocycles. The number of aryl methyl sites for hydroxylation is 1. The summed E-state index contributed by atoms with van der Waals surface area (Å²) in [5.74, 6) is 0.637. The van der Waals surface area contributed by atoms with Gasteiger partial charge in [0, 0.05) is 30.3 Å². The van der Waals surface area contributed by atoms with Crippen LogP contribution in [-0.2, 0) is 13.0 Å². The molecule has 0 bridgehead atoms. The number of likely N-dealkylation sites (tertiary alicyclic amines) is 1. The van der Waals surface area contributed by atoms with Gasteiger partial charge in [-0.25, -0.2) is 4.98 Å². The fourth-order valence-corrected chi connectivity index (χ4v) is 4.02. The highest BCUT2D eigenvalue weighted by Crippen LogP contribution is 2.23. The quantitative estimate of drug-likeness (QED) is 0.479. The van der Waals surface area contributed by atoms with Crippen LogP contribution < -0.4 is 5.56 Å². The summed E-state index contributed by atoms with van der Waals surface area (Å²) in [7, 11) is 0. The predicted octanol–water partition coefficient (Wildman–Crippen LogP) is 1.66. The number of hydrogen-bond donors (Lipinski definition) is 2. The van der Waals surface area contributed by atoms with E-state index in [9.17, 15) is 9.90 Å². The number of hydrogen-bond acceptors (Lipinski definition) is 6. The molecule has 8 heteroatoms. The van der Waals surface area contributed by atoms with E-state index in [1.54, 1.807) is 4.57 Å². The second kappa shape index (κ2) is 7.85. The Balaban J connectivity index is 1.66. The molecule has 2 aliphatic heterocycles. The zero-order valence-corrected chi connectivity index (χ0v) is 15.2. The average molecular weight is 369 g/mol. The molecule has 1 aromatic rings. The third-order valence-corrected chi connectivity index (χ3v) is 5.74. The van der Waals surface area contributed by atoms with Crippen molar-refractivity contribution in [1.29, 1.82) is 0 Å². The first-order valence-electron chi connectivity index (χ1n) is 8.89. The van der Waals surface area contributed by atoms with E-state index in [2.05, 4.69) is 15.0 Å². The molecule has 1 aromatic heterocycles. The molecule has 3 heterocycles. The molecule has 2 N–H and O–H groups in total. The molecule has 1 fully saturated rings. The van der Waals surface area contributed by atoms with Gasteiger partial charge in [-0.1, -0.05) is 16.8 Å². The van der Waals surface area contributed by atoms with Crippen LogP contribution in [0.1, 0.15) is 48.9 Å². The van der Waals surface area contributed by atoms with Crippen LogP contribution in [0.4, 0.5) is 0 Å². The number of fused-ring (bicyclic) bond motifs is 1. The number of rotatable bonds is 4. The normalized spacial score (nSPS) is 22.8. The molecule has 0 aromatic carbocycles. The zero-order valence-electron chi connectivity index (χ0n) is 14.5. The minimum Gasteiger partial charge on any atom is -0.410 e. The summed E-state index contributed by atoms with van der Waals surface area (Å²) in [6, 6.07) is 0. The maximum absolute atomic E-state index is 12.8. The van der Waals surface area contributed by atoms with E-state index in [0.717, 1.165) is 50.2 Å². The molecular weight excluding hydrogens is 344 g/mol. The van der Waals surface area contributed by atoms with Crippen LogP contribution in [0, 0.1) is 12.8 Å². The van der Waals surface area contributed by atoms with Crippen molar-refractivity contribution in [3.63, 3.8) is 0 Å². The molecule has 0 spiro atoms. The van der Waals surface area contributed by atoms with Crippen molar-refractivity contribution in [2.45, 2.75) is 51.7 Å².